The van der Waals surface area contributed by atoms with Gasteiger partial charge in [0, 0.05) is 3.57 Å². The van der Waals surface area contributed by atoms with Crippen LogP contribution in [0.15, 0.2) is 18.2 Å². The molecule has 2 atom stereocenters. The van der Waals surface area contributed by atoms with Crippen molar-refractivity contribution in [3.8, 4) is 0 Å². The molecule has 0 bridgehead atoms. The average molecular weight is 312 g/mol. The largest absolute Gasteiger partial charge is 0.391 e. The maximum atomic E-state index is 9.30. The van der Waals surface area contributed by atoms with Gasteiger partial charge in [0.25, 0.3) is 0 Å². The second kappa shape index (κ2) is 4.59. The third-order valence-electron chi connectivity index (χ3n) is 1.86. The van der Waals surface area contributed by atoms with Crippen molar-refractivity contribution in [2.45, 2.75) is 19.1 Å². The molecule has 0 radical (unpaired) electrons. The van der Waals surface area contributed by atoms with Gasteiger partial charge in [0.05, 0.1) is 17.2 Å². The molecule has 0 heterocycles. The number of hydrogen-bond acceptors (Lipinski definition) is 2. The van der Waals surface area contributed by atoms with Gasteiger partial charge in [0.2, 0.25) is 0 Å². The fourth-order valence-electron chi connectivity index (χ4n) is 1.04. The zero-order valence-corrected chi connectivity index (χ0v) is 10.1. The molecule has 0 amide bonds. The summed E-state index contributed by atoms with van der Waals surface area (Å²) in [5, 5.41) is 9.94. The first-order chi connectivity index (χ1) is 6.04. The van der Waals surface area contributed by atoms with Crippen LogP contribution in [0.25, 0.3) is 0 Å². The van der Waals surface area contributed by atoms with Crippen LogP contribution in [0.5, 0.6) is 0 Å². The van der Waals surface area contributed by atoms with Gasteiger partial charge in [0.1, 0.15) is 0 Å². The molecule has 0 fully saturated rings. The second-order valence-corrected chi connectivity index (χ2v) is 4.45. The molecule has 13 heavy (non-hydrogen) atoms. The van der Waals surface area contributed by atoms with Gasteiger partial charge in [-0.15, -0.1) is 0 Å². The minimum Gasteiger partial charge on any atom is -0.391 e. The third kappa shape index (κ3) is 2.56. The summed E-state index contributed by atoms with van der Waals surface area (Å²) in [6, 6.07) is 5.20. The van der Waals surface area contributed by atoms with Crippen molar-refractivity contribution < 1.29 is 5.11 Å². The van der Waals surface area contributed by atoms with Crippen LogP contribution in [0.2, 0.25) is 5.02 Å². The van der Waals surface area contributed by atoms with Gasteiger partial charge in [-0.3, -0.25) is 0 Å². The van der Waals surface area contributed by atoms with E-state index in [0.717, 1.165) is 9.13 Å². The first-order valence-corrected chi connectivity index (χ1v) is 5.37. The topological polar surface area (TPSA) is 46.2 Å². The van der Waals surface area contributed by atoms with E-state index in [1.165, 1.54) is 0 Å². The van der Waals surface area contributed by atoms with Crippen molar-refractivity contribution >= 4 is 34.2 Å². The van der Waals surface area contributed by atoms with Crippen LogP contribution in [0.1, 0.15) is 18.5 Å². The third-order valence-corrected chi connectivity index (χ3v) is 3.50. The molecule has 0 aliphatic heterocycles. The Hall–Kier alpha value is 0.160. The van der Waals surface area contributed by atoms with Crippen molar-refractivity contribution in [2.75, 3.05) is 0 Å². The highest BCUT2D eigenvalue weighted by atomic mass is 127. The Labute approximate surface area is 96.2 Å². The van der Waals surface area contributed by atoms with Gasteiger partial charge in [-0.05, 0) is 41.1 Å². The standard InChI is InChI=1S/C9H11ClINO/c1-5(13)9(12)6-3-2-4-7(11)8(6)10/h2-5,9,13H,12H2,1H3/t5?,9-/m0/s1. The lowest BCUT2D eigenvalue weighted by Gasteiger charge is -2.16. The number of hydrogen-bond donors (Lipinski definition) is 2. The SMILES string of the molecule is CC(O)[C@H](N)c1cccc(I)c1Cl. The summed E-state index contributed by atoms with van der Waals surface area (Å²) >= 11 is 8.17. The normalized spacial score (nSPS) is 15.5. The summed E-state index contributed by atoms with van der Waals surface area (Å²) in [6.45, 7) is 1.65. The van der Waals surface area contributed by atoms with Crippen LogP contribution in [-0.4, -0.2) is 11.2 Å². The van der Waals surface area contributed by atoms with Crippen molar-refractivity contribution in [1.29, 1.82) is 0 Å². The van der Waals surface area contributed by atoms with E-state index >= 15 is 0 Å². The van der Waals surface area contributed by atoms with Gasteiger partial charge in [-0.2, -0.15) is 0 Å². The van der Waals surface area contributed by atoms with Crippen molar-refractivity contribution in [1.82, 2.24) is 0 Å². The van der Waals surface area contributed by atoms with E-state index in [1.807, 2.05) is 18.2 Å². The molecular weight excluding hydrogens is 300 g/mol. The lowest BCUT2D eigenvalue weighted by Crippen LogP contribution is -2.23. The molecule has 1 aromatic rings. The molecule has 4 heteroatoms. The first kappa shape index (κ1) is 11.2. The number of nitrogens with two attached hydrogens (primary N) is 1. The number of aliphatic hydroxyl groups excluding tert-OH is 1. The van der Waals surface area contributed by atoms with E-state index in [9.17, 15) is 5.11 Å². The Morgan fingerprint density at radius 3 is 2.69 bits per heavy atom. The van der Waals surface area contributed by atoms with Gasteiger partial charge < -0.3 is 10.8 Å². The highest BCUT2D eigenvalue weighted by molar-refractivity contribution is 14.1. The van der Waals surface area contributed by atoms with Crippen LogP contribution in [0.3, 0.4) is 0 Å². The molecule has 0 aliphatic rings. The molecule has 0 saturated carbocycles. The number of benzene rings is 1. The van der Waals surface area contributed by atoms with Gasteiger partial charge in [-0.25, -0.2) is 0 Å². The van der Waals surface area contributed by atoms with E-state index in [0.29, 0.717) is 5.02 Å². The summed E-state index contributed by atoms with van der Waals surface area (Å²) in [4.78, 5) is 0. The van der Waals surface area contributed by atoms with E-state index in [4.69, 9.17) is 17.3 Å². The van der Waals surface area contributed by atoms with Gasteiger partial charge in [-0.1, -0.05) is 23.7 Å². The number of halogens is 2. The Balaban J connectivity index is 3.07. The van der Waals surface area contributed by atoms with E-state index in [2.05, 4.69) is 22.6 Å². The van der Waals surface area contributed by atoms with Crippen LogP contribution in [-0.2, 0) is 0 Å². The summed E-state index contributed by atoms with van der Waals surface area (Å²) in [5.41, 5.74) is 6.56. The molecule has 1 unspecified atom stereocenters. The van der Waals surface area contributed by atoms with Crippen molar-refractivity contribution in [3.05, 3.63) is 32.4 Å². The summed E-state index contributed by atoms with van der Waals surface area (Å²) < 4.78 is 0.952. The van der Waals surface area contributed by atoms with Crippen LogP contribution in [0.4, 0.5) is 0 Å². The predicted octanol–water partition coefficient (Wildman–Crippen LogP) is 2.33. The Bertz CT molecular complexity index is 304. The Morgan fingerprint density at radius 1 is 1.54 bits per heavy atom. The summed E-state index contributed by atoms with van der Waals surface area (Å²) in [5.74, 6) is 0. The monoisotopic (exact) mass is 311 g/mol. The minimum atomic E-state index is -0.587. The number of rotatable bonds is 2. The fraction of sp³-hybridized carbons (Fsp3) is 0.333. The molecule has 0 spiro atoms. The van der Waals surface area contributed by atoms with Crippen molar-refractivity contribution in [3.63, 3.8) is 0 Å². The van der Waals surface area contributed by atoms with Crippen LogP contribution in [0, 0.1) is 3.57 Å². The molecule has 2 nitrogen and oxygen atoms in total. The summed E-state index contributed by atoms with van der Waals surface area (Å²) in [7, 11) is 0. The Kier molecular flexibility index (Phi) is 3.97. The minimum absolute atomic E-state index is 0.415. The van der Waals surface area contributed by atoms with Gasteiger partial charge in [0.15, 0.2) is 0 Å². The highest BCUT2D eigenvalue weighted by Crippen LogP contribution is 2.27. The molecule has 3 N–H and O–H groups in total. The second-order valence-electron chi connectivity index (χ2n) is 2.91. The van der Waals surface area contributed by atoms with Crippen LogP contribution < -0.4 is 5.73 Å². The molecule has 1 rings (SSSR count). The average Bonchev–Trinajstić information content (AvgIpc) is 2.08. The smallest absolute Gasteiger partial charge is 0.0705 e. The van der Waals surface area contributed by atoms with Gasteiger partial charge >= 0.3 is 0 Å². The molecule has 0 aliphatic carbocycles. The maximum Gasteiger partial charge on any atom is 0.0705 e. The van der Waals surface area contributed by atoms with E-state index < -0.39 is 12.1 Å². The Morgan fingerprint density at radius 2 is 2.15 bits per heavy atom. The zero-order chi connectivity index (χ0) is 10.0. The zero-order valence-electron chi connectivity index (χ0n) is 7.17. The highest BCUT2D eigenvalue weighted by Gasteiger charge is 2.15. The number of aliphatic hydroxyl groups is 1. The van der Waals surface area contributed by atoms with E-state index in [1.54, 1.807) is 6.92 Å². The molecule has 72 valence electrons. The molecule has 0 saturated heterocycles. The quantitative estimate of drug-likeness (QED) is 0.824. The molecule has 0 aromatic heterocycles. The molecule has 1 aromatic carbocycles. The fourth-order valence-corrected chi connectivity index (χ4v) is 1.81. The maximum absolute atomic E-state index is 9.30. The summed E-state index contributed by atoms with van der Waals surface area (Å²) in [6.07, 6.45) is -0.587. The van der Waals surface area contributed by atoms with Crippen molar-refractivity contribution in [2.24, 2.45) is 5.73 Å². The van der Waals surface area contributed by atoms with E-state index in [-0.39, 0.29) is 0 Å². The van der Waals surface area contributed by atoms with Crippen LogP contribution >= 0.6 is 34.2 Å². The lowest BCUT2D eigenvalue weighted by atomic mass is 10.0. The first-order valence-electron chi connectivity index (χ1n) is 3.91. The predicted molar refractivity (Wildman–Crippen MR) is 62.8 cm³/mol. The molecular formula is C9H11ClINO. The lowest BCUT2D eigenvalue weighted by molar-refractivity contribution is 0.164.